The summed E-state index contributed by atoms with van der Waals surface area (Å²) in [6, 6.07) is 4.21. The molecule has 0 radical (unpaired) electrons. The number of H-pyrrole nitrogens is 1. The first-order chi connectivity index (χ1) is 7.34. The molecule has 2 rings (SSSR count). The van der Waals surface area contributed by atoms with E-state index in [0.717, 1.165) is 12.5 Å². The second kappa shape index (κ2) is 5.33. The van der Waals surface area contributed by atoms with Crippen LogP contribution < -0.4 is 5.32 Å². The Morgan fingerprint density at radius 3 is 3.13 bits per heavy atom. The zero-order chi connectivity index (χ0) is 10.5. The third kappa shape index (κ3) is 3.36. The summed E-state index contributed by atoms with van der Waals surface area (Å²) in [5.74, 6) is 0.832. The molecule has 1 fully saturated rings. The molecule has 2 N–H and O–H groups in total. The summed E-state index contributed by atoms with van der Waals surface area (Å²) in [6.45, 7) is 4.63. The van der Waals surface area contributed by atoms with Crippen LogP contribution in [0.2, 0.25) is 0 Å². The van der Waals surface area contributed by atoms with Gasteiger partial charge in [-0.2, -0.15) is 0 Å². The molecular formula is C12H21N3. The third-order valence-electron chi connectivity index (χ3n) is 3.07. The van der Waals surface area contributed by atoms with Crippen molar-refractivity contribution < 1.29 is 0 Å². The molecule has 0 saturated carbocycles. The number of aromatic amines is 1. The Labute approximate surface area is 91.9 Å². The quantitative estimate of drug-likeness (QED) is 0.783. The van der Waals surface area contributed by atoms with Gasteiger partial charge in [-0.15, -0.1) is 0 Å². The number of piperidine rings is 1. The highest BCUT2D eigenvalue weighted by Gasteiger charge is 2.14. The van der Waals surface area contributed by atoms with Crippen molar-refractivity contribution in [3.05, 3.63) is 24.0 Å². The fourth-order valence-electron chi connectivity index (χ4n) is 2.34. The van der Waals surface area contributed by atoms with E-state index in [1.54, 1.807) is 0 Å². The van der Waals surface area contributed by atoms with Crippen LogP contribution in [0.4, 0.5) is 0 Å². The van der Waals surface area contributed by atoms with Gasteiger partial charge in [0.1, 0.15) is 0 Å². The van der Waals surface area contributed by atoms with Crippen LogP contribution in [0.15, 0.2) is 18.3 Å². The van der Waals surface area contributed by atoms with Crippen LogP contribution in [-0.4, -0.2) is 36.6 Å². The Morgan fingerprint density at radius 2 is 2.47 bits per heavy atom. The molecule has 3 heteroatoms. The number of nitrogens with zero attached hydrogens (tertiary/aromatic N) is 1. The van der Waals surface area contributed by atoms with E-state index in [1.807, 2.05) is 6.20 Å². The smallest absolute Gasteiger partial charge is 0.0382 e. The molecule has 1 aromatic rings. The first kappa shape index (κ1) is 10.7. The van der Waals surface area contributed by atoms with Crippen LogP contribution >= 0.6 is 0 Å². The van der Waals surface area contributed by atoms with E-state index in [2.05, 4.69) is 34.4 Å². The van der Waals surface area contributed by atoms with Crippen molar-refractivity contribution >= 4 is 0 Å². The average molecular weight is 207 g/mol. The fourth-order valence-corrected chi connectivity index (χ4v) is 2.34. The molecule has 15 heavy (non-hydrogen) atoms. The van der Waals surface area contributed by atoms with Crippen molar-refractivity contribution in [1.82, 2.24) is 15.2 Å². The third-order valence-corrected chi connectivity index (χ3v) is 3.07. The maximum Gasteiger partial charge on any atom is 0.0382 e. The first-order valence-electron chi connectivity index (χ1n) is 5.86. The first-order valence-corrected chi connectivity index (χ1v) is 5.86. The van der Waals surface area contributed by atoms with Crippen LogP contribution in [0.5, 0.6) is 0 Å². The van der Waals surface area contributed by atoms with Crippen molar-refractivity contribution in [2.24, 2.45) is 5.92 Å². The molecule has 1 aliphatic heterocycles. The minimum Gasteiger partial charge on any atom is -0.364 e. The lowest BCUT2D eigenvalue weighted by atomic mass is 9.99. The highest BCUT2D eigenvalue weighted by atomic mass is 15.1. The predicted octanol–water partition coefficient (Wildman–Crippen LogP) is 1.45. The molecule has 84 valence electrons. The number of hydrogen-bond acceptors (Lipinski definition) is 2. The molecule has 0 spiro atoms. The Bertz CT molecular complexity index is 262. The number of aromatic nitrogens is 1. The summed E-state index contributed by atoms with van der Waals surface area (Å²) in [5.41, 5.74) is 1.31. The van der Waals surface area contributed by atoms with Crippen molar-refractivity contribution in [2.75, 3.05) is 26.7 Å². The summed E-state index contributed by atoms with van der Waals surface area (Å²) in [4.78, 5) is 5.65. The molecule has 0 amide bonds. The standard InChI is InChI=1S/C12H21N3/c1-15(10-12-5-3-7-14-12)9-11-4-2-6-13-8-11/h3,5,7,11,13-14H,2,4,6,8-10H2,1H3. The molecule has 1 saturated heterocycles. The lowest BCUT2D eigenvalue weighted by molar-refractivity contribution is 0.236. The van der Waals surface area contributed by atoms with Crippen LogP contribution in [0, 0.1) is 5.92 Å². The number of nitrogens with one attached hydrogen (secondary N) is 2. The summed E-state index contributed by atoms with van der Waals surface area (Å²) in [5, 5.41) is 3.46. The van der Waals surface area contributed by atoms with Gasteiger partial charge in [-0.25, -0.2) is 0 Å². The number of hydrogen-bond donors (Lipinski definition) is 2. The summed E-state index contributed by atoms with van der Waals surface area (Å²) in [7, 11) is 2.20. The van der Waals surface area contributed by atoms with E-state index in [1.165, 1.54) is 38.2 Å². The lowest BCUT2D eigenvalue weighted by Crippen LogP contribution is -2.36. The van der Waals surface area contributed by atoms with E-state index in [-0.39, 0.29) is 0 Å². The van der Waals surface area contributed by atoms with Gasteiger partial charge >= 0.3 is 0 Å². The van der Waals surface area contributed by atoms with Gasteiger partial charge in [-0.1, -0.05) is 0 Å². The van der Waals surface area contributed by atoms with Crippen LogP contribution in [0.3, 0.4) is 0 Å². The van der Waals surface area contributed by atoms with Crippen LogP contribution in [-0.2, 0) is 6.54 Å². The lowest BCUT2D eigenvalue weighted by Gasteiger charge is -2.27. The Morgan fingerprint density at radius 1 is 1.53 bits per heavy atom. The highest BCUT2D eigenvalue weighted by molar-refractivity contribution is 5.03. The Balaban J connectivity index is 1.74. The second-order valence-corrected chi connectivity index (χ2v) is 4.60. The molecule has 0 aromatic carbocycles. The van der Waals surface area contributed by atoms with E-state index in [0.29, 0.717) is 0 Å². The van der Waals surface area contributed by atoms with Gasteiger partial charge in [0.25, 0.3) is 0 Å². The minimum atomic E-state index is 0.832. The van der Waals surface area contributed by atoms with Gasteiger partial charge in [0.05, 0.1) is 0 Å². The topological polar surface area (TPSA) is 31.1 Å². The number of rotatable bonds is 4. The van der Waals surface area contributed by atoms with Crippen molar-refractivity contribution in [1.29, 1.82) is 0 Å². The molecule has 1 unspecified atom stereocenters. The maximum absolute atomic E-state index is 3.46. The van der Waals surface area contributed by atoms with Crippen molar-refractivity contribution in [2.45, 2.75) is 19.4 Å². The molecule has 1 atom stereocenters. The van der Waals surface area contributed by atoms with Gasteiger partial charge < -0.3 is 15.2 Å². The van der Waals surface area contributed by atoms with E-state index in [4.69, 9.17) is 0 Å². The molecule has 2 heterocycles. The zero-order valence-electron chi connectivity index (χ0n) is 9.50. The minimum absolute atomic E-state index is 0.832. The second-order valence-electron chi connectivity index (χ2n) is 4.60. The van der Waals surface area contributed by atoms with Gasteiger partial charge in [0.2, 0.25) is 0 Å². The zero-order valence-corrected chi connectivity index (χ0v) is 9.50. The van der Waals surface area contributed by atoms with Crippen molar-refractivity contribution in [3.63, 3.8) is 0 Å². The maximum atomic E-state index is 3.46. The normalized spacial score (nSPS) is 22.1. The largest absolute Gasteiger partial charge is 0.364 e. The van der Waals surface area contributed by atoms with Gasteiger partial charge in [0, 0.05) is 25.0 Å². The van der Waals surface area contributed by atoms with Crippen LogP contribution in [0.25, 0.3) is 0 Å². The molecule has 3 nitrogen and oxygen atoms in total. The van der Waals surface area contributed by atoms with E-state index in [9.17, 15) is 0 Å². The van der Waals surface area contributed by atoms with Gasteiger partial charge in [-0.05, 0) is 51.0 Å². The molecule has 0 aliphatic carbocycles. The summed E-state index contributed by atoms with van der Waals surface area (Å²) >= 11 is 0. The van der Waals surface area contributed by atoms with Crippen molar-refractivity contribution in [3.8, 4) is 0 Å². The predicted molar refractivity (Wildman–Crippen MR) is 62.7 cm³/mol. The summed E-state index contributed by atoms with van der Waals surface area (Å²) in [6.07, 6.45) is 4.70. The highest BCUT2D eigenvalue weighted by Crippen LogP contribution is 2.12. The van der Waals surface area contributed by atoms with Gasteiger partial charge in [0.15, 0.2) is 0 Å². The van der Waals surface area contributed by atoms with E-state index < -0.39 is 0 Å². The average Bonchev–Trinajstić information content (AvgIpc) is 2.71. The monoisotopic (exact) mass is 207 g/mol. The van der Waals surface area contributed by atoms with Crippen LogP contribution in [0.1, 0.15) is 18.5 Å². The SMILES string of the molecule is CN(Cc1ccc[nH]1)CC1CCCNC1. The molecule has 1 aliphatic rings. The molecule has 1 aromatic heterocycles. The molecular weight excluding hydrogens is 186 g/mol. The van der Waals surface area contributed by atoms with Gasteiger partial charge in [-0.3, -0.25) is 0 Å². The summed E-state index contributed by atoms with van der Waals surface area (Å²) < 4.78 is 0. The van der Waals surface area contributed by atoms with E-state index >= 15 is 0 Å². The fraction of sp³-hybridized carbons (Fsp3) is 0.667. The Hall–Kier alpha value is -0.800. The Kier molecular flexibility index (Phi) is 3.80. The molecule has 0 bridgehead atoms.